The predicted octanol–water partition coefficient (Wildman–Crippen LogP) is 1.34. The van der Waals surface area contributed by atoms with Crippen molar-refractivity contribution in [1.82, 2.24) is 15.0 Å². The van der Waals surface area contributed by atoms with E-state index in [1.54, 1.807) is 4.68 Å². The number of aliphatic hydroxyl groups is 1. The highest BCUT2D eigenvalue weighted by molar-refractivity contribution is 5.57. The highest BCUT2D eigenvalue weighted by Crippen LogP contribution is 2.17. The Kier molecular flexibility index (Phi) is 4.95. The molecule has 0 fully saturated rings. The van der Waals surface area contributed by atoms with Crippen molar-refractivity contribution in [2.45, 2.75) is 19.5 Å². The lowest BCUT2D eigenvalue weighted by Gasteiger charge is -2.14. The average Bonchev–Trinajstić information content (AvgIpc) is 2.91. The molecule has 2 aromatic rings. The lowest BCUT2D eigenvalue weighted by Crippen LogP contribution is -2.09. The monoisotopic (exact) mass is 275 g/mol. The smallest absolute Gasteiger partial charge is 0.102 e. The van der Waals surface area contributed by atoms with E-state index in [9.17, 15) is 0 Å². The molecule has 0 radical (unpaired) electrons. The summed E-state index contributed by atoms with van der Waals surface area (Å²) in [4.78, 5) is 2.07. The van der Waals surface area contributed by atoms with Crippen LogP contribution in [0.1, 0.15) is 12.1 Å². The Labute approximate surface area is 119 Å². The average molecular weight is 275 g/mol. The van der Waals surface area contributed by atoms with Crippen molar-refractivity contribution in [2.75, 3.05) is 30.9 Å². The van der Waals surface area contributed by atoms with Gasteiger partial charge in [-0.05, 0) is 24.6 Å². The fourth-order valence-corrected chi connectivity index (χ4v) is 1.85. The second-order valence-electron chi connectivity index (χ2n) is 4.85. The molecule has 0 unspecified atom stereocenters. The van der Waals surface area contributed by atoms with Crippen molar-refractivity contribution in [3.63, 3.8) is 0 Å². The fraction of sp³-hybridized carbons (Fsp3) is 0.429. The van der Waals surface area contributed by atoms with Crippen LogP contribution < -0.4 is 10.2 Å². The van der Waals surface area contributed by atoms with Crippen molar-refractivity contribution in [2.24, 2.45) is 0 Å². The first-order chi connectivity index (χ1) is 9.69. The Hall–Kier alpha value is -2.08. The Bertz CT molecular complexity index is 538. The molecule has 0 spiro atoms. The van der Waals surface area contributed by atoms with Crippen LogP contribution >= 0.6 is 0 Å². The third-order valence-corrected chi connectivity index (χ3v) is 2.97. The van der Waals surface area contributed by atoms with Crippen LogP contribution in [0.5, 0.6) is 0 Å². The second kappa shape index (κ2) is 6.91. The van der Waals surface area contributed by atoms with Gasteiger partial charge in [-0.3, -0.25) is 4.68 Å². The van der Waals surface area contributed by atoms with Gasteiger partial charge in [-0.2, -0.15) is 0 Å². The molecule has 0 saturated carbocycles. The summed E-state index contributed by atoms with van der Waals surface area (Å²) in [5, 5.41) is 20.2. The number of benzene rings is 1. The number of anilines is 2. The molecule has 0 aliphatic heterocycles. The maximum absolute atomic E-state index is 8.78. The summed E-state index contributed by atoms with van der Waals surface area (Å²) >= 11 is 0. The van der Waals surface area contributed by atoms with E-state index in [-0.39, 0.29) is 6.61 Å². The molecule has 2 N–H and O–H groups in total. The molecule has 6 heteroatoms. The number of nitrogens with zero attached hydrogens (tertiary/aromatic N) is 4. The first-order valence-corrected chi connectivity index (χ1v) is 6.70. The van der Waals surface area contributed by atoms with Gasteiger partial charge in [-0.15, -0.1) is 5.10 Å². The van der Waals surface area contributed by atoms with Crippen molar-refractivity contribution in [1.29, 1.82) is 0 Å². The largest absolute Gasteiger partial charge is 0.396 e. The van der Waals surface area contributed by atoms with Crippen LogP contribution in [0.3, 0.4) is 0 Å². The standard InChI is InChI=1S/C14H21N5O/c1-18(2)14-6-3-5-12(9-14)15-10-13-11-19(17-16-13)7-4-8-20/h3,5-6,9,11,15,20H,4,7-8,10H2,1-2H3. The molecule has 0 saturated heterocycles. The molecule has 2 rings (SSSR count). The Morgan fingerprint density at radius 3 is 2.95 bits per heavy atom. The van der Waals surface area contributed by atoms with Gasteiger partial charge in [0.1, 0.15) is 5.69 Å². The topological polar surface area (TPSA) is 66.2 Å². The minimum absolute atomic E-state index is 0.171. The zero-order chi connectivity index (χ0) is 14.4. The van der Waals surface area contributed by atoms with E-state index in [4.69, 9.17) is 5.11 Å². The van der Waals surface area contributed by atoms with Gasteiger partial charge in [0.05, 0.1) is 12.7 Å². The van der Waals surface area contributed by atoms with Crippen LogP contribution in [-0.2, 0) is 13.1 Å². The molecule has 0 aliphatic rings. The maximum Gasteiger partial charge on any atom is 0.102 e. The molecule has 6 nitrogen and oxygen atoms in total. The van der Waals surface area contributed by atoms with Crippen LogP contribution in [0.4, 0.5) is 11.4 Å². The van der Waals surface area contributed by atoms with Crippen LogP contribution in [0.15, 0.2) is 30.5 Å². The van der Waals surface area contributed by atoms with Gasteiger partial charge in [0.25, 0.3) is 0 Å². The Morgan fingerprint density at radius 1 is 1.35 bits per heavy atom. The number of aryl methyl sites for hydroxylation is 1. The van der Waals surface area contributed by atoms with Gasteiger partial charge in [0.2, 0.25) is 0 Å². The van der Waals surface area contributed by atoms with E-state index in [0.29, 0.717) is 19.5 Å². The zero-order valence-corrected chi connectivity index (χ0v) is 12.0. The molecule has 1 heterocycles. The summed E-state index contributed by atoms with van der Waals surface area (Å²) in [6.07, 6.45) is 2.60. The number of aliphatic hydroxyl groups excluding tert-OH is 1. The fourth-order valence-electron chi connectivity index (χ4n) is 1.85. The molecule has 0 aliphatic carbocycles. The number of nitrogens with one attached hydrogen (secondary N) is 1. The Morgan fingerprint density at radius 2 is 2.20 bits per heavy atom. The molecular weight excluding hydrogens is 254 g/mol. The number of aromatic nitrogens is 3. The summed E-state index contributed by atoms with van der Waals surface area (Å²) < 4.78 is 1.75. The van der Waals surface area contributed by atoms with Gasteiger partial charge in [-0.1, -0.05) is 11.3 Å². The number of rotatable bonds is 7. The van der Waals surface area contributed by atoms with E-state index < -0.39 is 0 Å². The highest BCUT2D eigenvalue weighted by atomic mass is 16.3. The summed E-state index contributed by atoms with van der Waals surface area (Å²) in [6.45, 7) is 1.50. The van der Waals surface area contributed by atoms with Gasteiger partial charge >= 0.3 is 0 Å². The first kappa shape index (κ1) is 14.3. The van der Waals surface area contributed by atoms with E-state index >= 15 is 0 Å². The third kappa shape index (κ3) is 3.96. The van der Waals surface area contributed by atoms with Crippen molar-refractivity contribution in [3.05, 3.63) is 36.2 Å². The van der Waals surface area contributed by atoms with Gasteiger partial charge in [-0.25, -0.2) is 0 Å². The predicted molar refractivity (Wildman–Crippen MR) is 79.8 cm³/mol. The summed E-state index contributed by atoms with van der Waals surface area (Å²) in [6, 6.07) is 8.21. The number of hydrogen-bond donors (Lipinski definition) is 2. The molecule has 1 aromatic heterocycles. The molecule has 0 atom stereocenters. The normalized spacial score (nSPS) is 10.6. The minimum Gasteiger partial charge on any atom is -0.396 e. The van der Waals surface area contributed by atoms with E-state index in [2.05, 4.69) is 32.7 Å². The van der Waals surface area contributed by atoms with Gasteiger partial charge in [0, 0.05) is 38.6 Å². The van der Waals surface area contributed by atoms with Crippen molar-refractivity contribution in [3.8, 4) is 0 Å². The van der Waals surface area contributed by atoms with Crippen molar-refractivity contribution < 1.29 is 5.11 Å². The molecule has 20 heavy (non-hydrogen) atoms. The molecule has 0 amide bonds. The lowest BCUT2D eigenvalue weighted by atomic mass is 10.2. The second-order valence-corrected chi connectivity index (χ2v) is 4.85. The SMILES string of the molecule is CN(C)c1cccc(NCc2cn(CCCO)nn2)c1. The molecule has 108 valence electrons. The summed E-state index contributed by atoms with van der Waals surface area (Å²) in [7, 11) is 4.04. The highest BCUT2D eigenvalue weighted by Gasteiger charge is 2.02. The third-order valence-electron chi connectivity index (χ3n) is 2.97. The van der Waals surface area contributed by atoms with Gasteiger partial charge < -0.3 is 15.3 Å². The first-order valence-electron chi connectivity index (χ1n) is 6.70. The Balaban J connectivity index is 1.91. The van der Waals surface area contributed by atoms with Crippen LogP contribution in [-0.4, -0.2) is 40.8 Å². The minimum atomic E-state index is 0.171. The van der Waals surface area contributed by atoms with E-state index in [0.717, 1.165) is 17.1 Å². The molecule has 0 bridgehead atoms. The van der Waals surface area contributed by atoms with E-state index in [1.165, 1.54) is 0 Å². The molecular formula is C14H21N5O. The van der Waals surface area contributed by atoms with Crippen LogP contribution in [0.2, 0.25) is 0 Å². The van der Waals surface area contributed by atoms with Crippen molar-refractivity contribution >= 4 is 11.4 Å². The number of hydrogen-bond acceptors (Lipinski definition) is 5. The maximum atomic E-state index is 8.78. The zero-order valence-electron chi connectivity index (χ0n) is 12.0. The van der Waals surface area contributed by atoms with Gasteiger partial charge in [0.15, 0.2) is 0 Å². The lowest BCUT2D eigenvalue weighted by molar-refractivity contribution is 0.276. The van der Waals surface area contributed by atoms with Crippen LogP contribution in [0, 0.1) is 0 Å². The summed E-state index contributed by atoms with van der Waals surface area (Å²) in [5.41, 5.74) is 3.10. The summed E-state index contributed by atoms with van der Waals surface area (Å²) in [5.74, 6) is 0. The quantitative estimate of drug-likeness (QED) is 0.798. The van der Waals surface area contributed by atoms with E-state index in [1.807, 2.05) is 32.4 Å². The van der Waals surface area contributed by atoms with Crippen LogP contribution in [0.25, 0.3) is 0 Å². The molecule has 1 aromatic carbocycles.